The van der Waals surface area contributed by atoms with Gasteiger partial charge in [-0.15, -0.1) is 5.10 Å². The number of rotatable bonds is 13. The maximum atomic E-state index is 14.3. The van der Waals surface area contributed by atoms with Crippen LogP contribution in [-0.4, -0.2) is 50.8 Å². The van der Waals surface area contributed by atoms with Gasteiger partial charge in [-0.1, -0.05) is 66.4 Å². The second-order valence-electron chi connectivity index (χ2n) is 11.6. The Morgan fingerprint density at radius 2 is 1.67 bits per heavy atom. The predicted octanol–water partition coefficient (Wildman–Crippen LogP) is 8.34. The lowest BCUT2D eigenvalue weighted by atomic mass is 10.1. The van der Waals surface area contributed by atoms with Crippen molar-refractivity contribution in [1.29, 1.82) is 0 Å². The predicted molar refractivity (Wildman–Crippen MR) is 198 cm³/mol. The SMILES string of the molecule is CNC(=O)c1ccccc1Sc1ccc2c(/C=C/c3ccccn3)nn([P+](=O)ON(Oc3cccc4ccccc34)[C@@H](C)C(=O)OC(C)C)c2c1. The van der Waals surface area contributed by atoms with Crippen molar-refractivity contribution in [3.8, 4) is 5.75 Å². The number of benzene rings is 4. The molecule has 0 saturated carbocycles. The van der Waals surface area contributed by atoms with E-state index >= 15 is 0 Å². The summed E-state index contributed by atoms with van der Waals surface area (Å²) in [6, 6.07) is 30.4. The Morgan fingerprint density at radius 1 is 0.902 bits per heavy atom. The van der Waals surface area contributed by atoms with Crippen LogP contribution in [0.15, 0.2) is 119 Å². The first kappa shape index (κ1) is 35.4. The van der Waals surface area contributed by atoms with E-state index < -0.39 is 26.3 Å². The van der Waals surface area contributed by atoms with Crippen LogP contribution in [0.5, 0.6) is 5.75 Å². The van der Waals surface area contributed by atoms with E-state index in [1.165, 1.54) is 16.2 Å². The van der Waals surface area contributed by atoms with Crippen molar-refractivity contribution in [2.75, 3.05) is 7.05 Å². The minimum atomic E-state index is -2.84. The maximum absolute atomic E-state index is 14.3. The number of hydrogen-bond donors (Lipinski definition) is 1. The van der Waals surface area contributed by atoms with E-state index in [4.69, 9.17) is 19.3 Å². The van der Waals surface area contributed by atoms with E-state index in [-0.39, 0.29) is 5.91 Å². The molecule has 258 valence electrons. The van der Waals surface area contributed by atoms with Gasteiger partial charge >= 0.3 is 14.1 Å². The molecule has 4 aromatic carbocycles. The first-order chi connectivity index (χ1) is 24.7. The summed E-state index contributed by atoms with van der Waals surface area (Å²) in [6.07, 6.45) is 4.88. The number of hydrogen-bond acceptors (Lipinski definition) is 10. The van der Waals surface area contributed by atoms with Crippen LogP contribution in [0.2, 0.25) is 0 Å². The molecule has 13 heteroatoms. The molecular formula is C38H35N5O6PS+. The summed E-state index contributed by atoms with van der Waals surface area (Å²) in [5, 5.41) is 10.6. The molecule has 6 aromatic rings. The standard InChI is InChI=1S/C38H34N5O6PS/c1-25(2)47-38(45)26(3)43(48-35-17-11-13-27-12-5-6-15-30(27)35)49-50(46)42-34-24-29(51-36-18-8-7-16-32(36)37(44)39-4)20-21-31(34)33(41-42)22-19-28-14-9-10-23-40-28/h5-26H,1-4H3/p+1/b22-19+/t26-/m0/s1. The number of carbonyl (C=O) groups is 2. The van der Waals surface area contributed by atoms with E-state index in [0.29, 0.717) is 33.6 Å². The Labute approximate surface area is 300 Å². The molecule has 0 fully saturated rings. The third-order valence-electron chi connectivity index (χ3n) is 7.60. The minimum Gasteiger partial charge on any atom is -0.462 e. The van der Waals surface area contributed by atoms with Gasteiger partial charge in [-0.25, -0.2) is 0 Å². The molecule has 0 spiro atoms. The van der Waals surface area contributed by atoms with Gasteiger partial charge in [0, 0.05) is 48.2 Å². The average molecular weight is 721 g/mol. The van der Waals surface area contributed by atoms with Crippen molar-refractivity contribution in [1.82, 2.24) is 25.1 Å². The van der Waals surface area contributed by atoms with E-state index in [0.717, 1.165) is 25.8 Å². The molecule has 0 aliphatic carbocycles. The third kappa shape index (κ3) is 8.33. The molecule has 1 amide bonds. The zero-order valence-corrected chi connectivity index (χ0v) is 30.0. The number of carbonyl (C=O) groups excluding carboxylic acids is 2. The molecule has 2 aromatic heterocycles. The second kappa shape index (κ2) is 16.1. The summed E-state index contributed by atoms with van der Waals surface area (Å²) in [5.74, 6) is -0.455. The lowest BCUT2D eigenvalue weighted by Crippen LogP contribution is -2.42. The van der Waals surface area contributed by atoms with E-state index in [9.17, 15) is 14.2 Å². The normalized spacial score (nSPS) is 12.5. The molecule has 0 aliphatic rings. The van der Waals surface area contributed by atoms with Gasteiger partial charge in [0.1, 0.15) is 5.52 Å². The minimum absolute atomic E-state index is 0.209. The van der Waals surface area contributed by atoms with Gasteiger partial charge in [0.15, 0.2) is 11.8 Å². The highest BCUT2D eigenvalue weighted by molar-refractivity contribution is 7.99. The highest BCUT2D eigenvalue weighted by Gasteiger charge is 2.39. The van der Waals surface area contributed by atoms with Crippen molar-refractivity contribution in [3.05, 3.63) is 126 Å². The fourth-order valence-electron chi connectivity index (χ4n) is 5.12. The van der Waals surface area contributed by atoms with Crippen LogP contribution in [0.4, 0.5) is 0 Å². The largest absolute Gasteiger partial charge is 0.690 e. The zero-order chi connectivity index (χ0) is 35.9. The average Bonchev–Trinajstić information content (AvgIpc) is 3.51. The number of ether oxygens (including phenoxy) is 1. The van der Waals surface area contributed by atoms with Crippen molar-refractivity contribution >= 4 is 65.6 Å². The summed E-state index contributed by atoms with van der Waals surface area (Å²) >= 11 is 1.38. The van der Waals surface area contributed by atoms with Gasteiger partial charge in [0.2, 0.25) is 0 Å². The van der Waals surface area contributed by atoms with Crippen molar-refractivity contribution < 1.29 is 28.4 Å². The van der Waals surface area contributed by atoms with Crippen LogP contribution in [0.25, 0.3) is 33.8 Å². The monoisotopic (exact) mass is 720 g/mol. The van der Waals surface area contributed by atoms with E-state index in [2.05, 4.69) is 10.3 Å². The van der Waals surface area contributed by atoms with Gasteiger partial charge in [-0.05, 0) is 91.3 Å². The van der Waals surface area contributed by atoms with Crippen LogP contribution < -0.4 is 10.2 Å². The Bertz CT molecular complexity index is 2240. The lowest BCUT2D eigenvalue weighted by molar-refractivity contribution is -0.276. The second-order valence-corrected chi connectivity index (χ2v) is 13.7. The molecule has 6 rings (SSSR count). The Hall–Kier alpha value is -5.39. The number of aromatic nitrogens is 3. The number of esters is 1. The van der Waals surface area contributed by atoms with Crippen LogP contribution in [0.1, 0.15) is 42.5 Å². The highest BCUT2D eigenvalue weighted by atomic mass is 32.2. The summed E-state index contributed by atoms with van der Waals surface area (Å²) in [7, 11) is -1.26. The summed E-state index contributed by atoms with van der Waals surface area (Å²) < 4.78 is 27.0. The fraction of sp³-hybridized carbons (Fsp3) is 0.158. The molecule has 11 nitrogen and oxygen atoms in total. The van der Waals surface area contributed by atoms with Crippen LogP contribution in [0, 0.1) is 0 Å². The molecular weight excluding hydrogens is 685 g/mol. The molecule has 51 heavy (non-hydrogen) atoms. The van der Waals surface area contributed by atoms with Crippen LogP contribution in [-0.2, 0) is 18.7 Å². The van der Waals surface area contributed by atoms with Crippen LogP contribution >= 0.6 is 19.9 Å². The molecule has 0 radical (unpaired) electrons. The summed E-state index contributed by atoms with van der Waals surface area (Å²) in [5.41, 5.74) is 2.24. The quantitative estimate of drug-likeness (QED) is 0.0707. The molecule has 2 heterocycles. The Morgan fingerprint density at radius 3 is 2.45 bits per heavy atom. The topological polar surface area (TPSA) is 125 Å². The maximum Gasteiger partial charge on any atom is 0.690 e. The zero-order valence-electron chi connectivity index (χ0n) is 28.3. The lowest BCUT2D eigenvalue weighted by Gasteiger charge is -2.22. The number of pyridine rings is 1. The number of fused-ring (bicyclic) bond motifs is 2. The molecule has 0 saturated heterocycles. The van der Waals surface area contributed by atoms with E-state index in [1.807, 2.05) is 91.0 Å². The van der Waals surface area contributed by atoms with Gasteiger partial charge in [0.05, 0.1) is 23.1 Å². The van der Waals surface area contributed by atoms with Gasteiger partial charge in [-0.3, -0.25) is 14.6 Å². The summed E-state index contributed by atoms with van der Waals surface area (Å²) in [4.78, 5) is 37.8. The number of nitrogens with one attached hydrogen (secondary N) is 1. The fourth-order valence-corrected chi connectivity index (χ4v) is 6.99. The molecule has 1 unspecified atom stereocenters. The van der Waals surface area contributed by atoms with Gasteiger partial charge in [-0.2, -0.15) is 0 Å². The Kier molecular flexibility index (Phi) is 11.2. The van der Waals surface area contributed by atoms with Crippen molar-refractivity contribution in [2.24, 2.45) is 0 Å². The first-order valence-electron chi connectivity index (χ1n) is 16.1. The number of amides is 1. The van der Waals surface area contributed by atoms with Gasteiger partial charge < -0.3 is 14.9 Å². The molecule has 0 bridgehead atoms. The third-order valence-corrected chi connectivity index (χ3v) is 9.58. The molecule has 2 atom stereocenters. The smallest absolute Gasteiger partial charge is 0.462 e. The van der Waals surface area contributed by atoms with Gasteiger partial charge in [0.25, 0.3) is 5.91 Å². The summed E-state index contributed by atoms with van der Waals surface area (Å²) in [6.45, 7) is 5.01. The molecule has 1 N–H and O–H groups in total. The van der Waals surface area contributed by atoms with E-state index in [1.54, 1.807) is 58.3 Å². The Balaban J connectivity index is 1.40. The van der Waals surface area contributed by atoms with Crippen molar-refractivity contribution in [3.63, 3.8) is 0 Å². The van der Waals surface area contributed by atoms with Crippen molar-refractivity contribution in [2.45, 2.75) is 42.7 Å². The highest BCUT2D eigenvalue weighted by Crippen LogP contribution is 2.38. The number of hydroxylamine groups is 2. The molecule has 0 aliphatic heterocycles. The first-order valence-corrected chi connectivity index (χ1v) is 18.1. The number of nitrogens with zero attached hydrogens (tertiary/aromatic N) is 4. The van der Waals surface area contributed by atoms with Crippen LogP contribution in [0.3, 0.4) is 0 Å².